The monoisotopic (exact) mass is 539 g/mol. The summed E-state index contributed by atoms with van der Waals surface area (Å²) in [4.78, 5) is 6.77. The lowest BCUT2D eigenvalue weighted by molar-refractivity contribution is 0.245. The summed E-state index contributed by atoms with van der Waals surface area (Å²) in [6.45, 7) is 3.99. The molecule has 29 heavy (non-hydrogen) atoms. The number of likely N-dealkylation sites (tertiary alicyclic amines) is 1. The fraction of sp³-hybridized carbons (Fsp3) is 0.632. The summed E-state index contributed by atoms with van der Waals surface area (Å²) in [6, 6.07) is 8.51. The highest BCUT2D eigenvalue weighted by atomic mass is 127. The zero-order chi connectivity index (χ0) is 20.4. The number of ether oxygens (including phenoxy) is 1. The van der Waals surface area contributed by atoms with E-state index in [4.69, 9.17) is 4.74 Å². The molecule has 1 unspecified atom stereocenters. The van der Waals surface area contributed by atoms with Crippen LogP contribution in [0.15, 0.2) is 29.3 Å². The number of sulfonamides is 1. The third-order valence-corrected chi connectivity index (χ3v) is 5.51. The molecule has 0 spiro atoms. The van der Waals surface area contributed by atoms with Crippen molar-refractivity contribution in [2.24, 2.45) is 4.99 Å². The van der Waals surface area contributed by atoms with Crippen LogP contribution in [-0.2, 0) is 10.0 Å². The predicted octanol–water partition coefficient (Wildman–Crippen LogP) is 1.55. The Kier molecular flexibility index (Phi) is 11.8. The molecule has 1 heterocycles. The average Bonchev–Trinajstić information content (AvgIpc) is 3.20. The van der Waals surface area contributed by atoms with Gasteiger partial charge >= 0.3 is 0 Å². The largest absolute Gasteiger partial charge is 0.497 e. The Morgan fingerprint density at radius 2 is 1.83 bits per heavy atom. The molecule has 0 amide bonds. The summed E-state index contributed by atoms with van der Waals surface area (Å²) >= 11 is 0. The highest BCUT2D eigenvalue weighted by molar-refractivity contribution is 14.0. The van der Waals surface area contributed by atoms with Gasteiger partial charge < -0.3 is 15.4 Å². The minimum absolute atomic E-state index is 0. The third kappa shape index (κ3) is 9.49. The van der Waals surface area contributed by atoms with E-state index in [1.807, 2.05) is 12.1 Å². The van der Waals surface area contributed by atoms with Crippen LogP contribution in [0.1, 0.15) is 30.9 Å². The molecule has 1 aromatic rings. The number of guanidine groups is 1. The second-order valence-corrected chi connectivity index (χ2v) is 8.76. The van der Waals surface area contributed by atoms with Crippen molar-refractivity contribution < 1.29 is 13.2 Å². The van der Waals surface area contributed by atoms with E-state index in [1.54, 1.807) is 14.2 Å². The van der Waals surface area contributed by atoms with E-state index in [9.17, 15) is 8.42 Å². The Morgan fingerprint density at radius 1 is 1.17 bits per heavy atom. The first kappa shape index (κ1) is 25.9. The topological polar surface area (TPSA) is 95.1 Å². The molecule has 0 radical (unpaired) electrons. The number of halogens is 1. The molecule has 1 fully saturated rings. The van der Waals surface area contributed by atoms with Crippen molar-refractivity contribution in [3.05, 3.63) is 29.8 Å². The minimum atomic E-state index is -3.14. The lowest BCUT2D eigenvalue weighted by Crippen LogP contribution is -2.43. The number of aliphatic imine (C=N–C) groups is 1. The number of nitrogens with one attached hydrogen (secondary N) is 3. The molecule has 1 aliphatic heterocycles. The highest BCUT2D eigenvalue weighted by Gasteiger charge is 2.23. The quantitative estimate of drug-likeness (QED) is 0.181. The van der Waals surface area contributed by atoms with Gasteiger partial charge in [-0.1, -0.05) is 12.1 Å². The fourth-order valence-electron chi connectivity index (χ4n) is 3.30. The van der Waals surface area contributed by atoms with Gasteiger partial charge in [0.2, 0.25) is 10.0 Å². The smallest absolute Gasteiger partial charge is 0.208 e. The van der Waals surface area contributed by atoms with Crippen molar-refractivity contribution in [3.63, 3.8) is 0 Å². The molecule has 3 N–H and O–H groups in total. The van der Waals surface area contributed by atoms with Gasteiger partial charge in [0, 0.05) is 26.7 Å². The molecule has 1 saturated heterocycles. The lowest BCUT2D eigenvalue weighted by Gasteiger charge is -2.29. The molecule has 10 heteroatoms. The normalized spacial score (nSPS) is 16.2. The number of hydrogen-bond donors (Lipinski definition) is 3. The molecule has 1 aromatic carbocycles. The van der Waals surface area contributed by atoms with Crippen LogP contribution < -0.4 is 20.1 Å². The summed E-state index contributed by atoms with van der Waals surface area (Å²) in [5.41, 5.74) is 1.25. The average molecular weight is 539 g/mol. The molecular formula is C19H34IN5O3S. The minimum Gasteiger partial charge on any atom is -0.497 e. The Bertz CT molecular complexity index is 722. The summed E-state index contributed by atoms with van der Waals surface area (Å²) < 4.78 is 29.9. The van der Waals surface area contributed by atoms with E-state index in [1.165, 1.54) is 24.7 Å². The van der Waals surface area contributed by atoms with Crippen LogP contribution in [0.3, 0.4) is 0 Å². The summed E-state index contributed by atoms with van der Waals surface area (Å²) in [5, 5.41) is 6.64. The van der Waals surface area contributed by atoms with Crippen LogP contribution in [-0.4, -0.2) is 72.4 Å². The molecule has 1 atom stereocenters. The zero-order valence-electron chi connectivity index (χ0n) is 17.5. The van der Waals surface area contributed by atoms with Crippen molar-refractivity contribution >= 4 is 40.0 Å². The highest BCUT2D eigenvalue weighted by Crippen LogP contribution is 2.26. The van der Waals surface area contributed by atoms with Crippen LogP contribution in [0.25, 0.3) is 0 Å². The van der Waals surface area contributed by atoms with Gasteiger partial charge in [0.1, 0.15) is 5.75 Å². The summed E-state index contributed by atoms with van der Waals surface area (Å²) in [6.07, 6.45) is 4.31. The van der Waals surface area contributed by atoms with Gasteiger partial charge in [-0.2, -0.15) is 0 Å². The first-order valence-corrected chi connectivity index (χ1v) is 11.6. The number of methoxy groups -OCH3 is 1. The standard InChI is InChI=1S/C19H33N5O3S.HI/c1-20-19(21-11-6-12-23-28(3,25)26)22-15-18(24-13-4-5-14-24)16-7-9-17(27-2)10-8-16;/h7-10,18,23H,4-6,11-15H2,1-3H3,(H2,20,21,22);1H. The predicted molar refractivity (Wildman–Crippen MR) is 129 cm³/mol. The van der Waals surface area contributed by atoms with Crippen LogP contribution in [0.5, 0.6) is 5.75 Å². The molecule has 0 bridgehead atoms. The van der Waals surface area contributed by atoms with Crippen LogP contribution in [0.2, 0.25) is 0 Å². The zero-order valence-corrected chi connectivity index (χ0v) is 20.6. The number of rotatable bonds is 10. The van der Waals surface area contributed by atoms with E-state index in [0.717, 1.165) is 31.3 Å². The number of hydrogen-bond acceptors (Lipinski definition) is 5. The maximum Gasteiger partial charge on any atom is 0.208 e. The number of nitrogens with zero attached hydrogens (tertiary/aromatic N) is 2. The second-order valence-electron chi connectivity index (χ2n) is 6.93. The molecule has 1 aliphatic rings. The first-order chi connectivity index (χ1) is 13.4. The molecule has 0 aromatic heterocycles. The maximum atomic E-state index is 11.1. The van der Waals surface area contributed by atoms with Gasteiger partial charge in [-0.3, -0.25) is 9.89 Å². The molecule has 0 saturated carbocycles. The Hall–Kier alpha value is -1.11. The molecule has 8 nitrogen and oxygen atoms in total. The Morgan fingerprint density at radius 3 is 2.38 bits per heavy atom. The Balaban J connectivity index is 0.00000420. The fourth-order valence-corrected chi connectivity index (χ4v) is 3.82. The SMILES string of the molecule is CN=C(NCCCNS(C)(=O)=O)NCC(c1ccc(OC)cc1)N1CCCC1.I. The molecule has 0 aliphatic carbocycles. The van der Waals surface area contributed by atoms with Crippen molar-refractivity contribution in [1.29, 1.82) is 0 Å². The van der Waals surface area contributed by atoms with E-state index in [0.29, 0.717) is 19.5 Å². The van der Waals surface area contributed by atoms with Gasteiger partial charge in [0.25, 0.3) is 0 Å². The third-order valence-electron chi connectivity index (χ3n) is 4.78. The summed E-state index contributed by atoms with van der Waals surface area (Å²) in [7, 11) is 0.279. The van der Waals surface area contributed by atoms with E-state index >= 15 is 0 Å². The van der Waals surface area contributed by atoms with E-state index in [2.05, 4.69) is 37.4 Å². The summed E-state index contributed by atoms with van der Waals surface area (Å²) in [5.74, 6) is 1.58. The van der Waals surface area contributed by atoms with Gasteiger partial charge in [-0.15, -0.1) is 24.0 Å². The van der Waals surface area contributed by atoms with Crippen LogP contribution in [0.4, 0.5) is 0 Å². The van der Waals surface area contributed by atoms with E-state index < -0.39 is 10.0 Å². The van der Waals surface area contributed by atoms with Gasteiger partial charge in [-0.25, -0.2) is 13.1 Å². The number of benzene rings is 1. The second kappa shape index (κ2) is 13.2. The molecule has 2 rings (SSSR count). The van der Waals surface area contributed by atoms with Crippen LogP contribution >= 0.6 is 24.0 Å². The van der Waals surface area contributed by atoms with Crippen molar-refractivity contribution in [1.82, 2.24) is 20.3 Å². The first-order valence-electron chi connectivity index (χ1n) is 9.70. The van der Waals surface area contributed by atoms with Gasteiger partial charge in [0.15, 0.2) is 5.96 Å². The van der Waals surface area contributed by atoms with Gasteiger partial charge in [0.05, 0.1) is 19.4 Å². The van der Waals surface area contributed by atoms with Gasteiger partial charge in [-0.05, 0) is 50.0 Å². The molecule has 166 valence electrons. The molecular weight excluding hydrogens is 505 g/mol. The Labute approximate surface area is 191 Å². The van der Waals surface area contributed by atoms with E-state index in [-0.39, 0.29) is 30.0 Å². The van der Waals surface area contributed by atoms with Crippen LogP contribution in [0, 0.1) is 0 Å². The lowest BCUT2D eigenvalue weighted by atomic mass is 10.1. The maximum absolute atomic E-state index is 11.1. The van der Waals surface area contributed by atoms with Crippen molar-refractivity contribution in [2.45, 2.75) is 25.3 Å². The van der Waals surface area contributed by atoms with Crippen molar-refractivity contribution in [2.75, 3.05) is 53.1 Å². The van der Waals surface area contributed by atoms with Crippen molar-refractivity contribution in [3.8, 4) is 5.75 Å².